The Morgan fingerprint density at radius 3 is 0.787 bits per heavy atom. The smallest absolute Gasteiger partial charge is 0.159 e. The number of para-hydroxylation sites is 8. The first-order chi connectivity index (χ1) is 39.7. The molecular weight excluding hydrogens is 981 g/mol. The SMILES string of the molecule is c1ccc(-c2c3ccc(N(c4cccc5c4oc4ccccc45)c4cccc5c4oc4ccccc45)cc3c(-c3ccccc3)c3ccc(N(c4cccc5c4oc4ccccc45)c4cccc5c4oc4ccccc45)cc23)cc1. The molecule has 80 heavy (non-hydrogen) atoms. The largest absolute Gasteiger partial charge is 0.454 e. The van der Waals surface area contributed by atoms with Crippen LogP contribution in [0.5, 0.6) is 0 Å². The minimum atomic E-state index is 0.794. The zero-order valence-electron chi connectivity index (χ0n) is 42.9. The molecule has 0 unspecified atom stereocenters. The quantitative estimate of drug-likeness (QED) is 0.141. The van der Waals surface area contributed by atoms with Crippen molar-refractivity contribution in [1.82, 2.24) is 0 Å². The summed E-state index contributed by atoms with van der Waals surface area (Å²) in [4.78, 5) is 4.66. The Kier molecular flexibility index (Phi) is 9.61. The Morgan fingerprint density at radius 1 is 0.200 bits per heavy atom. The zero-order valence-corrected chi connectivity index (χ0v) is 42.9. The van der Waals surface area contributed by atoms with E-state index in [2.05, 4.69) is 228 Å². The van der Waals surface area contributed by atoms with Gasteiger partial charge >= 0.3 is 0 Å². The average Bonchev–Trinajstić information content (AvgIpc) is 4.36. The van der Waals surface area contributed by atoms with Gasteiger partial charge in [0.2, 0.25) is 0 Å². The molecule has 0 aliphatic rings. The van der Waals surface area contributed by atoms with E-state index in [1.54, 1.807) is 0 Å². The summed E-state index contributed by atoms with van der Waals surface area (Å²) in [5.41, 5.74) is 16.5. The van der Waals surface area contributed by atoms with Crippen molar-refractivity contribution in [3.63, 3.8) is 0 Å². The lowest BCUT2D eigenvalue weighted by atomic mass is 9.85. The van der Waals surface area contributed by atoms with Gasteiger partial charge in [0.1, 0.15) is 22.3 Å². The van der Waals surface area contributed by atoms with Gasteiger partial charge in [-0.2, -0.15) is 0 Å². The number of hydrogen-bond donors (Lipinski definition) is 0. The van der Waals surface area contributed by atoms with Crippen LogP contribution in [0, 0.1) is 0 Å². The first-order valence-corrected chi connectivity index (χ1v) is 27.1. The van der Waals surface area contributed by atoms with Crippen LogP contribution in [0.15, 0.2) is 285 Å². The van der Waals surface area contributed by atoms with Gasteiger partial charge in [-0.3, -0.25) is 0 Å². The molecule has 6 heteroatoms. The maximum atomic E-state index is 6.88. The summed E-state index contributed by atoms with van der Waals surface area (Å²) < 4.78 is 27.5. The Bertz CT molecular complexity index is 4770. The molecule has 4 heterocycles. The normalized spacial score (nSPS) is 12.0. The molecule has 0 spiro atoms. The summed E-state index contributed by atoms with van der Waals surface area (Å²) in [5.74, 6) is 0. The fourth-order valence-electron chi connectivity index (χ4n) is 12.8. The van der Waals surface area contributed by atoms with E-state index in [4.69, 9.17) is 17.7 Å². The van der Waals surface area contributed by atoms with E-state index >= 15 is 0 Å². The standard InChI is InChI=1S/C74H44N2O4/c1-3-19-45(20-4-1)69-53-41-39-48(76(63-33-17-29-57-51-25-9-13-37-67(51)79-73(57)63)64-34-18-30-58-52-26-10-14-38-68(52)80-74(58)64)44-60(53)70(46-21-5-2-6-22-46)54-42-40-47(43-59(54)69)75(61-31-15-27-55-49-23-7-11-35-65(49)77-71(55)61)62-32-16-28-56-50-24-8-12-36-66(50)78-72(56)62/h1-44H. The molecule has 6 nitrogen and oxygen atoms in total. The van der Waals surface area contributed by atoms with Crippen molar-refractivity contribution in [3.05, 3.63) is 267 Å². The van der Waals surface area contributed by atoms with E-state index in [1.165, 1.54) is 0 Å². The van der Waals surface area contributed by atoms with Crippen LogP contribution in [0.1, 0.15) is 0 Å². The molecule has 374 valence electrons. The second-order valence-electron chi connectivity index (χ2n) is 20.6. The predicted octanol–water partition coefficient (Wildman–Crippen LogP) is 21.9. The fraction of sp³-hybridized carbons (Fsp3) is 0. The van der Waals surface area contributed by atoms with E-state index in [9.17, 15) is 0 Å². The molecule has 0 amide bonds. The lowest BCUT2D eigenvalue weighted by molar-refractivity contribution is 0.665. The third-order valence-corrected chi connectivity index (χ3v) is 16.2. The van der Waals surface area contributed by atoms with E-state index in [-0.39, 0.29) is 0 Å². The van der Waals surface area contributed by atoms with Crippen LogP contribution < -0.4 is 9.80 Å². The summed E-state index contributed by atoms with van der Waals surface area (Å²) in [7, 11) is 0. The minimum Gasteiger partial charge on any atom is -0.454 e. The summed E-state index contributed by atoms with van der Waals surface area (Å²) in [5, 5.41) is 12.9. The highest BCUT2D eigenvalue weighted by molar-refractivity contribution is 6.24. The molecule has 0 saturated carbocycles. The van der Waals surface area contributed by atoms with Gasteiger partial charge in [-0.25, -0.2) is 0 Å². The lowest BCUT2D eigenvalue weighted by Gasteiger charge is -2.28. The van der Waals surface area contributed by atoms with Gasteiger partial charge < -0.3 is 27.5 Å². The Hall–Kier alpha value is -10.8. The van der Waals surface area contributed by atoms with Gasteiger partial charge in [0.15, 0.2) is 22.3 Å². The average molecular weight is 1030 g/mol. The van der Waals surface area contributed by atoms with Crippen LogP contribution in [-0.4, -0.2) is 0 Å². The molecule has 0 aliphatic carbocycles. The molecule has 0 aliphatic heterocycles. The summed E-state index contributed by atoms with van der Waals surface area (Å²) >= 11 is 0. The Labute approximate surface area is 457 Å². The maximum Gasteiger partial charge on any atom is 0.159 e. The number of rotatable bonds is 8. The molecule has 0 radical (unpaired) electrons. The van der Waals surface area contributed by atoms with E-state index < -0.39 is 0 Å². The summed E-state index contributed by atoms with van der Waals surface area (Å²) in [6, 6.07) is 94.5. The van der Waals surface area contributed by atoms with Gasteiger partial charge in [-0.1, -0.05) is 194 Å². The summed E-state index contributed by atoms with van der Waals surface area (Å²) in [6.45, 7) is 0. The number of anilines is 6. The van der Waals surface area contributed by atoms with Crippen molar-refractivity contribution in [1.29, 1.82) is 0 Å². The third-order valence-electron chi connectivity index (χ3n) is 16.2. The number of fused-ring (bicyclic) bond motifs is 14. The van der Waals surface area contributed by atoms with Crippen LogP contribution >= 0.6 is 0 Å². The molecule has 0 N–H and O–H groups in total. The van der Waals surface area contributed by atoms with Gasteiger partial charge in [-0.15, -0.1) is 0 Å². The molecule has 17 aromatic rings. The second kappa shape index (κ2) is 17.3. The summed E-state index contributed by atoms with van der Waals surface area (Å²) in [6.07, 6.45) is 0. The second-order valence-corrected chi connectivity index (χ2v) is 20.6. The molecule has 13 aromatic carbocycles. The highest BCUT2D eigenvalue weighted by Crippen LogP contribution is 2.52. The van der Waals surface area contributed by atoms with Crippen molar-refractivity contribution in [2.75, 3.05) is 9.80 Å². The minimum absolute atomic E-state index is 0.794. The van der Waals surface area contributed by atoms with Crippen LogP contribution in [0.2, 0.25) is 0 Å². The number of furan rings is 4. The van der Waals surface area contributed by atoms with E-state index in [0.29, 0.717) is 0 Å². The topological polar surface area (TPSA) is 59.0 Å². The van der Waals surface area contributed by atoms with Crippen molar-refractivity contribution < 1.29 is 17.7 Å². The van der Waals surface area contributed by atoms with E-state index in [0.717, 1.165) is 166 Å². The predicted molar refractivity (Wildman–Crippen MR) is 331 cm³/mol. The van der Waals surface area contributed by atoms with Gasteiger partial charge in [-0.05, 0) is 117 Å². The molecular formula is C74H44N2O4. The van der Waals surface area contributed by atoms with Crippen LogP contribution in [0.25, 0.3) is 132 Å². The van der Waals surface area contributed by atoms with Gasteiger partial charge in [0.25, 0.3) is 0 Å². The Balaban J connectivity index is 0.970. The van der Waals surface area contributed by atoms with Gasteiger partial charge in [0, 0.05) is 54.5 Å². The van der Waals surface area contributed by atoms with Crippen molar-refractivity contribution in [3.8, 4) is 22.3 Å². The molecule has 0 saturated heterocycles. The highest BCUT2D eigenvalue weighted by Gasteiger charge is 2.28. The number of benzene rings is 13. The lowest BCUT2D eigenvalue weighted by Crippen LogP contribution is -2.11. The van der Waals surface area contributed by atoms with Crippen LogP contribution in [0.4, 0.5) is 34.1 Å². The maximum absolute atomic E-state index is 6.88. The van der Waals surface area contributed by atoms with Crippen molar-refractivity contribution in [2.24, 2.45) is 0 Å². The molecule has 0 atom stereocenters. The number of nitrogens with zero attached hydrogens (tertiary/aromatic N) is 2. The highest BCUT2D eigenvalue weighted by atomic mass is 16.3. The molecule has 0 bridgehead atoms. The molecule has 0 fully saturated rings. The first-order valence-electron chi connectivity index (χ1n) is 27.1. The number of hydrogen-bond acceptors (Lipinski definition) is 6. The third kappa shape index (κ3) is 6.60. The van der Waals surface area contributed by atoms with E-state index in [1.807, 2.05) is 48.5 Å². The van der Waals surface area contributed by atoms with Crippen LogP contribution in [0.3, 0.4) is 0 Å². The first kappa shape index (κ1) is 44.3. The molecule has 4 aromatic heterocycles. The fourth-order valence-corrected chi connectivity index (χ4v) is 12.8. The van der Waals surface area contributed by atoms with Crippen LogP contribution in [-0.2, 0) is 0 Å². The van der Waals surface area contributed by atoms with Gasteiger partial charge in [0.05, 0.1) is 22.7 Å². The monoisotopic (exact) mass is 1020 g/mol. The van der Waals surface area contributed by atoms with Crippen molar-refractivity contribution >= 4 is 143 Å². The Morgan fingerprint density at radius 2 is 0.475 bits per heavy atom. The zero-order chi connectivity index (χ0) is 52.4. The van der Waals surface area contributed by atoms with Crippen molar-refractivity contribution in [2.45, 2.75) is 0 Å². The molecule has 17 rings (SSSR count).